The Balaban J connectivity index is 3.93. The number of carboxylic acid groups (broad SMARTS) is 1. The molecule has 0 saturated carbocycles. The van der Waals surface area contributed by atoms with Gasteiger partial charge in [0.15, 0.2) is 0 Å². The maximum Gasteiger partial charge on any atom is 0.348 e. The number of halogens is 1. The second kappa shape index (κ2) is 3.93. The summed E-state index contributed by atoms with van der Waals surface area (Å²) in [7, 11) is 0. The molecule has 1 atom stereocenters. The molecule has 66 valence electrons. The van der Waals surface area contributed by atoms with E-state index >= 15 is 0 Å². The molecule has 3 nitrogen and oxygen atoms in total. The first-order chi connectivity index (χ1) is 4.89. The normalized spacial score (nSPS) is 14.5. The average molecular weight is 181 g/mol. The maximum absolute atomic E-state index is 10.2. The zero-order valence-corrected chi connectivity index (χ0v) is 7.68. The fourth-order valence-corrected chi connectivity index (χ4v) is 0.655. The Morgan fingerprint density at radius 3 is 2.45 bits per heavy atom. The number of hydrogen-bond donors (Lipinski definition) is 1. The van der Waals surface area contributed by atoms with Crippen LogP contribution in [0.1, 0.15) is 27.2 Å². The smallest absolute Gasteiger partial charge is 0.348 e. The number of aliphatic carboxylic acids is 1. The molecule has 0 saturated heterocycles. The molecular weight excluding hydrogens is 168 g/mol. The van der Waals surface area contributed by atoms with Gasteiger partial charge < -0.3 is 9.84 Å². The van der Waals surface area contributed by atoms with E-state index in [4.69, 9.17) is 21.4 Å². The zero-order valence-electron chi connectivity index (χ0n) is 6.93. The van der Waals surface area contributed by atoms with Gasteiger partial charge >= 0.3 is 5.97 Å². The molecule has 0 aliphatic heterocycles. The monoisotopic (exact) mass is 180 g/mol. The van der Waals surface area contributed by atoms with Crippen LogP contribution in [-0.4, -0.2) is 22.2 Å². The second-order valence-electron chi connectivity index (χ2n) is 2.89. The van der Waals surface area contributed by atoms with Gasteiger partial charge in [0, 0.05) is 0 Å². The highest BCUT2D eigenvalue weighted by Crippen LogP contribution is 2.17. The number of carbonyl (C=O) groups is 1. The van der Waals surface area contributed by atoms with Gasteiger partial charge in [-0.1, -0.05) is 18.5 Å². The van der Waals surface area contributed by atoms with E-state index in [1.165, 1.54) is 0 Å². The quantitative estimate of drug-likeness (QED) is 0.672. The minimum atomic E-state index is -1.25. The lowest BCUT2D eigenvalue weighted by Gasteiger charge is -2.24. The van der Waals surface area contributed by atoms with Crippen molar-refractivity contribution in [2.45, 2.75) is 38.4 Å². The Bertz CT molecular complexity index is 145. The summed E-state index contributed by atoms with van der Waals surface area (Å²) in [5.74, 6) is -1.15. The van der Waals surface area contributed by atoms with Crippen molar-refractivity contribution in [2.24, 2.45) is 0 Å². The zero-order chi connectivity index (χ0) is 9.07. The van der Waals surface area contributed by atoms with E-state index in [1.54, 1.807) is 13.8 Å². The topological polar surface area (TPSA) is 46.5 Å². The van der Waals surface area contributed by atoms with Gasteiger partial charge in [-0.25, -0.2) is 4.79 Å². The van der Waals surface area contributed by atoms with E-state index in [-0.39, 0.29) is 0 Å². The largest absolute Gasteiger partial charge is 0.478 e. The second-order valence-corrected chi connectivity index (χ2v) is 3.28. The maximum atomic E-state index is 10.2. The third-order valence-electron chi connectivity index (χ3n) is 1.47. The van der Waals surface area contributed by atoms with Gasteiger partial charge in [0.2, 0.25) is 5.56 Å². The van der Waals surface area contributed by atoms with Crippen molar-refractivity contribution in [3.63, 3.8) is 0 Å². The molecule has 1 N–H and O–H groups in total. The molecule has 0 spiro atoms. The molecule has 0 aliphatic rings. The number of ether oxygens (including phenoxy) is 1. The Morgan fingerprint density at radius 1 is 1.73 bits per heavy atom. The van der Waals surface area contributed by atoms with Crippen molar-refractivity contribution in [1.29, 1.82) is 0 Å². The average Bonchev–Trinajstić information content (AvgIpc) is 1.87. The molecule has 4 heteroatoms. The predicted octanol–water partition coefficient (Wildman–Crippen LogP) is 1.84. The molecule has 0 aromatic heterocycles. The van der Waals surface area contributed by atoms with Crippen LogP contribution in [0.5, 0.6) is 0 Å². The van der Waals surface area contributed by atoms with Gasteiger partial charge in [-0.2, -0.15) is 0 Å². The molecule has 0 heterocycles. The predicted molar refractivity (Wildman–Crippen MR) is 42.7 cm³/mol. The SMILES string of the molecule is CCC(C)(C)OC(Cl)C(=O)O. The lowest BCUT2D eigenvalue weighted by Crippen LogP contribution is -2.31. The molecule has 0 amide bonds. The summed E-state index contributed by atoms with van der Waals surface area (Å²) >= 11 is 5.36. The summed E-state index contributed by atoms with van der Waals surface area (Å²) in [5.41, 5.74) is -1.71. The fourth-order valence-electron chi connectivity index (χ4n) is 0.414. The van der Waals surface area contributed by atoms with Crippen molar-refractivity contribution < 1.29 is 14.6 Å². The van der Waals surface area contributed by atoms with Crippen LogP contribution in [0.2, 0.25) is 0 Å². The van der Waals surface area contributed by atoms with E-state index in [0.29, 0.717) is 0 Å². The van der Waals surface area contributed by atoms with E-state index in [1.807, 2.05) is 6.92 Å². The standard InChI is InChI=1S/C7H13ClO3/c1-4-7(2,3)11-5(8)6(9)10/h5H,4H2,1-3H3,(H,9,10). The van der Waals surface area contributed by atoms with Crippen LogP contribution in [0.25, 0.3) is 0 Å². The van der Waals surface area contributed by atoms with Crippen LogP contribution in [0.15, 0.2) is 0 Å². The van der Waals surface area contributed by atoms with Gasteiger partial charge in [0.05, 0.1) is 5.60 Å². The Hall–Kier alpha value is -0.280. The molecule has 11 heavy (non-hydrogen) atoms. The van der Waals surface area contributed by atoms with Crippen LogP contribution in [0.4, 0.5) is 0 Å². The molecule has 0 aromatic rings. The summed E-state index contributed by atoms with van der Waals surface area (Å²) in [6, 6.07) is 0. The first-order valence-corrected chi connectivity index (χ1v) is 3.87. The molecule has 0 rings (SSSR count). The van der Waals surface area contributed by atoms with Crippen molar-refractivity contribution in [3.8, 4) is 0 Å². The van der Waals surface area contributed by atoms with E-state index in [0.717, 1.165) is 6.42 Å². The van der Waals surface area contributed by atoms with Gasteiger partial charge in [0.1, 0.15) is 0 Å². The van der Waals surface area contributed by atoms with Gasteiger partial charge in [-0.15, -0.1) is 0 Å². The highest BCUT2D eigenvalue weighted by Gasteiger charge is 2.24. The van der Waals surface area contributed by atoms with Gasteiger partial charge in [-0.05, 0) is 20.3 Å². The first kappa shape index (κ1) is 10.7. The highest BCUT2D eigenvalue weighted by molar-refractivity contribution is 6.28. The Labute approximate surface area is 71.3 Å². The lowest BCUT2D eigenvalue weighted by molar-refractivity contribution is -0.152. The number of rotatable bonds is 4. The van der Waals surface area contributed by atoms with Gasteiger partial charge in [0.25, 0.3) is 0 Å². The third-order valence-corrected chi connectivity index (χ3v) is 1.74. The van der Waals surface area contributed by atoms with Crippen LogP contribution in [0.3, 0.4) is 0 Å². The minimum absolute atomic E-state index is 0.467. The Morgan fingerprint density at radius 2 is 2.18 bits per heavy atom. The minimum Gasteiger partial charge on any atom is -0.478 e. The van der Waals surface area contributed by atoms with Crippen LogP contribution in [0, 0.1) is 0 Å². The summed E-state index contributed by atoms with van der Waals surface area (Å²) in [5, 5.41) is 8.38. The lowest BCUT2D eigenvalue weighted by atomic mass is 10.1. The van der Waals surface area contributed by atoms with Gasteiger partial charge in [-0.3, -0.25) is 0 Å². The molecule has 0 aromatic carbocycles. The summed E-state index contributed by atoms with van der Waals surface area (Å²) in [6.45, 7) is 5.50. The summed E-state index contributed by atoms with van der Waals surface area (Å²) in [6.07, 6.45) is 0.726. The van der Waals surface area contributed by atoms with Crippen LogP contribution < -0.4 is 0 Å². The van der Waals surface area contributed by atoms with Crippen molar-refractivity contribution in [2.75, 3.05) is 0 Å². The van der Waals surface area contributed by atoms with E-state index < -0.39 is 17.1 Å². The van der Waals surface area contributed by atoms with E-state index in [9.17, 15) is 4.79 Å². The third kappa shape index (κ3) is 4.22. The number of carboxylic acids is 1. The van der Waals surface area contributed by atoms with E-state index in [2.05, 4.69) is 0 Å². The molecule has 0 bridgehead atoms. The first-order valence-electron chi connectivity index (χ1n) is 3.44. The van der Waals surface area contributed by atoms with Crippen molar-refractivity contribution in [3.05, 3.63) is 0 Å². The highest BCUT2D eigenvalue weighted by atomic mass is 35.5. The van der Waals surface area contributed by atoms with Crippen LogP contribution >= 0.6 is 11.6 Å². The molecular formula is C7H13ClO3. The number of hydrogen-bond acceptors (Lipinski definition) is 2. The molecule has 0 radical (unpaired) electrons. The van der Waals surface area contributed by atoms with Crippen molar-refractivity contribution in [1.82, 2.24) is 0 Å². The van der Waals surface area contributed by atoms with Crippen LogP contribution in [-0.2, 0) is 9.53 Å². The summed E-state index contributed by atoms with van der Waals surface area (Å²) < 4.78 is 5.01. The fraction of sp³-hybridized carbons (Fsp3) is 0.857. The molecule has 1 unspecified atom stereocenters. The van der Waals surface area contributed by atoms with Crippen molar-refractivity contribution >= 4 is 17.6 Å². The summed E-state index contributed by atoms with van der Waals surface area (Å²) in [4.78, 5) is 10.2. The molecule has 0 fully saturated rings. The molecule has 0 aliphatic carbocycles. The number of alkyl halides is 1. The Kier molecular flexibility index (Phi) is 3.83.